The summed E-state index contributed by atoms with van der Waals surface area (Å²) in [6, 6.07) is 8.30. The standard InChI is InChI=1S/C20H24N4O4S/c1-4-19(25)22(3)17-7-5-16(6-8-17)20(26)23-11-13-24(14-12-23)29(27,28)18-9-10-21(2)15-18/h4-10,15H,1,11-14H2,2-3H3. The van der Waals surface area contributed by atoms with Crippen molar-refractivity contribution in [1.29, 1.82) is 0 Å². The predicted octanol–water partition coefficient (Wildman–Crippen LogP) is 1.32. The van der Waals surface area contributed by atoms with Crippen LogP contribution < -0.4 is 4.90 Å². The van der Waals surface area contributed by atoms with Gasteiger partial charge < -0.3 is 14.4 Å². The summed E-state index contributed by atoms with van der Waals surface area (Å²) in [6.07, 6.45) is 4.49. The van der Waals surface area contributed by atoms with Crippen molar-refractivity contribution in [3.63, 3.8) is 0 Å². The van der Waals surface area contributed by atoms with E-state index in [2.05, 4.69) is 6.58 Å². The summed E-state index contributed by atoms with van der Waals surface area (Å²) in [5.41, 5.74) is 1.15. The Kier molecular flexibility index (Phi) is 5.90. The highest BCUT2D eigenvalue weighted by molar-refractivity contribution is 7.89. The number of nitrogens with zero attached hydrogens (tertiary/aromatic N) is 4. The molecule has 1 aromatic carbocycles. The van der Waals surface area contributed by atoms with Gasteiger partial charge in [-0.2, -0.15) is 4.31 Å². The number of aromatic nitrogens is 1. The smallest absolute Gasteiger partial charge is 0.253 e. The van der Waals surface area contributed by atoms with E-state index < -0.39 is 10.0 Å². The number of piperazine rings is 1. The van der Waals surface area contributed by atoms with Gasteiger partial charge in [-0.05, 0) is 36.4 Å². The topological polar surface area (TPSA) is 82.9 Å². The Bertz CT molecular complexity index is 1020. The van der Waals surface area contributed by atoms with E-state index in [1.54, 1.807) is 66.3 Å². The minimum atomic E-state index is -3.55. The lowest BCUT2D eigenvalue weighted by Crippen LogP contribution is -2.50. The van der Waals surface area contributed by atoms with Crippen molar-refractivity contribution in [2.45, 2.75) is 4.90 Å². The monoisotopic (exact) mass is 416 g/mol. The van der Waals surface area contributed by atoms with Crippen LogP contribution in [0.25, 0.3) is 0 Å². The Balaban J connectivity index is 1.64. The van der Waals surface area contributed by atoms with Crippen molar-refractivity contribution in [2.75, 3.05) is 38.1 Å². The average Bonchev–Trinajstić information content (AvgIpc) is 3.19. The lowest BCUT2D eigenvalue weighted by Gasteiger charge is -2.34. The van der Waals surface area contributed by atoms with Crippen LogP contribution in [0.15, 0.2) is 60.3 Å². The van der Waals surface area contributed by atoms with Gasteiger partial charge >= 0.3 is 0 Å². The minimum Gasteiger partial charge on any atom is -0.356 e. The van der Waals surface area contributed by atoms with Crippen molar-refractivity contribution < 1.29 is 18.0 Å². The van der Waals surface area contributed by atoms with Crippen LogP contribution in [-0.4, -0.2) is 67.2 Å². The first-order valence-corrected chi connectivity index (χ1v) is 10.6. The van der Waals surface area contributed by atoms with E-state index in [-0.39, 0.29) is 29.8 Å². The summed E-state index contributed by atoms with van der Waals surface area (Å²) >= 11 is 0. The van der Waals surface area contributed by atoms with Gasteiger partial charge in [0.2, 0.25) is 15.9 Å². The van der Waals surface area contributed by atoms with Gasteiger partial charge in [0.15, 0.2) is 0 Å². The van der Waals surface area contributed by atoms with E-state index in [0.29, 0.717) is 24.3 Å². The molecule has 0 atom stereocenters. The highest BCUT2D eigenvalue weighted by atomic mass is 32.2. The number of hydrogen-bond donors (Lipinski definition) is 0. The minimum absolute atomic E-state index is 0.161. The Labute approximate surface area is 170 Å². The van der Waals surface area contributed by atoms with Crippen molar-refractivity contribution in [3.05, 3.63) is 60.9 Å². The number of hydrogen-bond acceptors (Lipinski definition) is 4. The molecular weight excluding hydrogens is 392 g/mol. The molecule has 154 valence electrons. The van der Waals surface area contributed by atoms with Gasteiger partial charge in [-0.3, -0.25) is 9.59 Å². The van der Waals surface area contributed by atoms with E-state index in [9.17, 15) is 18.0 Å². The van der Waals surface area contributed by atoms with Gasteiger partial charge in [0, 0.05) is 63.9 Å². The fourth-order valence-corrected chi connectivity index (χ4v) is 4.66. The molecule has 0 unspecified atom stereocenters. The molecule has 8 nitrogen and oxygen atoms in total. The van der Waals surface area contributed by atoms with Crippen LogP contribution in [0.3, 0.4) is 0 Å². The zero-order chi connectivity index (χ0) is 21.2. The van der Waals surface area contributed by atoms with Crippen LogP contribution in [0.4, 0.5) is 5.69 Å². The lowest BCUT2D eigenvalue weighted by molar-refractivity contribution is -0.113. The quantitative estimate of drug-likeness (QED) is 0.689. The number of benzene rings is 1. The first-order chi connectivity index (χ1) is 13.7. The second kappa shape index (κ2) is 8.22. The highest BCUT2D eigenvalue weighted by Crippen LogP contribution is 2.20. The molecular formula is C20H24N4O4S. The second-order valence-electron chi connectivity index (χ2n) is 6.86. The van der Waals surface area contributed by atoms with Crippen LogP contribution in [0.5, 0.6) is 0 Å². The second-order valence-corrected chi connectivity index (χ2v) is 8.80. The van der Waals surface area contributed by atoms with E-state index in [0.717, 1.165) is 0 Å². The Morgan fingerprint density at radius 2 is 1.69 bits per heavy atom. The SMILES string of the molecule is C=CC(=O)N(C)c1ccc(C(=O)N2CCN(S(=O)(=O)c3ccn(C)c3)CC2)cc1. The summed E-state index contributed by atoms with van der Waals surface area (Å²) in [7, 11) is -0.150. The number of carbonyl (C=O) groups is 2. The molecule has 0 N–H and O–H groups in total. The fraction of sp³-hybridized carbons (Fsp3) is 0.300. The molecule has 2 amide bonds. The first-order valence-electron chi connectivity index (χ1n) is 9.15. The lowest BCUT2D eigenvalue weighted by atomic mass is 10.1. The highest BCUT2D eigenvalue weighted by Gasteiger charge is 2.30. The number of likely N-dealkylation sites (N-methyl/N-ethyl adjacent to an activating group) is 1. The maximum absolute atomic E-state index is 12.8. The fourth-order valence-electron chi connectivity index (χ4n) is 3.19. The molecule has 2 heterocycles. The van der Waals surface area contributed by atoms with Crippen LogP contribution in [0, 0.1) is 0 Å². The molecule has 1 saturated heterocycles. The van der Waals surface area contributed by atoms with Gasteiger partial charge in [-0.25, -0.2) is 8.42 Å². The largest absolute Gasteiger partial charge is 0.356 e. The third-order valence-electron chi connectivity index (χ3n) is 4.98. The van der Waals surface area contributed by atoms with Gasteiger partial charge in [0.25, 0.3) is 5.91 Å². The summed E-state index contributed by atoms with van der Waals surface area (Å²) in [5.74, 6) is -0.397. The van der Waals surface area contributed by atoms with Crippen molar-refractivity contribution in [1.82, 2.24) is 13.8 Å². The summed E-state index contributed by atoms with van der Waals surface area (Å²) in [5, 5.41) is 0. The third kappa shape index (κ3) is 4.25. The predicted molar refractivity (Wildman–Crippen MR) is 110 cm³/mol. The average molecular weight is 417 g/mol. The molecule has 0 spiro atoms. The molecule has 1 aliphatic rings. The van der Waals surface area contributed by atoms with E-state index in [1.807, 2.05) is 0 Å². The van der Waals surface area contributed by atoms with Crippen molar-refractivity contribution in [2.24, 2.45) is 7.05 Å². The first kappa shape index (κ1) is 20.8. The molecule has 1 fully saturated rings. The van der Waals surface area contributed by atoms with E-state index in [4.69, 9.17) is 0 Å². The molecule has 0 aliphatic carbocycles. The molecule has 3 rings (SSSR count). The van der Waals surface area contributed by atoms with Gasteiger partial charge in [-0.1, -0.05) is 6.58 Å². The van der Waals surface area contributed by atoms with Gasteiger partial charge in [0.1, 0.15) is 0 Å². The Morgan fingerprint density at radius 3 is 2.21 bits per heavy atom. The zero-order valence-corrected chi connectivity index (χ0v) is 17.3. The molecule has 0 radical (unpaired) electrons. The molecule has 0 bridgehead atoms. The molecule has 1 aromatic heterocycles. The van der Waals surface area contributed by atoms with Gasteiger partial charge in [0.05, 0.1) is 4.90 Å². The van der Waals surface area contributed by atoms with Crippen LogP contribution >= 0.6 is 0 Å². The number of anilines is 1. The normalized spacial score (nSPS) is 15.2. The maximum Gasteiger partial charge on any atom is 0.253 e. The molecule has 29 heavy (non-hydrogen) atoms. The summed E-state index contributed by atoms with van der Waals surface area (Å²) in [6.45, 7) is 4.60. The Morgan fingerprint density at radius 1 is 1.07 bits per heavy atom. The number of sulfonamides is 1. The molecule has 1 aliphatic heterocycles. The third-order valence-corrected chi connectivity index (χ3v) is 6.86. The van der Waals surface area contributed by atoms with Crippen LogP contribution in [0.1, 0.15) is 10.4 Å². The van der Waals surface area contributed by atoms with Crippen LogP contribution in [0.2, 0.25) is 0 Å². The number of aryl methyl sites for hydroxylation is 1. The van der Waals surface area contributed by atoms with Gasteiger partial charge in [-0.15, -0.1) is 0 Å². The van der Waals surface area contributed by atoms with E-state index in [1.165, 1.54) is 15.3 Å². The molecule has 9 heteroatoms. The Hall–Kier alpha value is -2.91. The number of amides is 2. The zero-order valence-electron chi connectivity index (χ0n) is 16.5. The number of rotatable bonds is 5. The van der Waals surface area contributed by atoms with Crippen molar-refractivity contribution in [3.8, 4) is 0 Å². The number of carbonyl (C=O) groups excluding carboxylic acids is 2. The molecule has 0 saturated carbocycles. The summed E-state index contributed by atoms with van der Waals surface area (Å²) in [4.78, 5) is 27.8. The van der Waals surface area contributed by atoms with E-state index >= 15 is 0 Å². The maximum atomic E-state index is 12.8. The molecule has 2 aromatic rings. The van der Waals surface area contributed by atoms with Crippen molar-refractivity contribution >= 4 is 27.5 Å². The summed E-state index contributed by atoms with van der Waals surface area (Å²) < 4.78 is 28.5. The van der Waals surface area contributed by atoms with Crippen LogP contribution in [-0.2, 0) is 21.9 Å².